The van der Waals surface area contributed by atoms with Crippen LogP contribution in [0.25, 0.3) is 0 Å². The third-order valence-electron chi connectivity index (χ3n) is 2.36. The molecule has 0 N–H and O–H groups in total. The molecule has 18 heavy (non-hydrogen) atoms. The fraction of sp³-hybridized carbons (Fsp3) is 0.625. The minimum atomic E-state index is 0.720. The Morgan fingerprint density at radius 1 is 0.611 bits per heavy atom. The lowest BCUT2D eigenvalue weighted by Gasteiger charge is -1.88. The molecule has 0 aromatic heterocycles. The number of carbonyl (C=O) groups is 2. The molecule has 2 nitrogen and oxygen atoms in total. The van der Waals surface area contributed by atoms with Gasteiger partial charge in [0.25, 0.3) is 0 Å². The van der Waals surface area contributed by atoms with Crippen molar-refractivity contribution in [3.8, 4) is 0 Å². The van der Waals surface area contributed by atoms with Gasteiger partial charge in [-0.1, -0.05) is 24.3 Å². The first-order valence-corrected chi connectivity index (χ1v) is 6.93. The highest BCUT2D eigenvalue weighted by atomic mass is 16.1. The molecule has 0 spiro atoms. The molecule has 0 atom stereocenters. The van der Waals surface area contributed by atoms with E-state index in [1.807, 2.05) is 26.0 Å². The van der Waals surface area contributed by atoms with Crippen LogP contribution in [0.15, 0.2) is 24.3 Å². The van der Waals surface area contributed by atoms with Crippen LogP contribution in [-0.4, -0.2) is 12.6 Å². The van der Waals surface area contributed by atoms with Crippen LogP contribution in [0.1, 0.15) is 65.2 Å². The second-order valence-electron chi connectivity index (χ2n) is 4.04. The van der Waals surface area contributed by atoms with Crippen molar-refractivity contribution in [1.29, 1.82) is 0 Å². The summed E-state index contributed by atoms with van der Waals surface area (Å²) in [5.74, 6) is 0. The lowest BCUT2D eigenvalue weighted by atomic mass is 10.2. The zero-order chi connectivity index (χ0) is 13.9. The van der Waals surface area contributed by atoms with Gasteiger partial charge in [-0.3, -0.25) is 0 Å². The molecule has 0 rings (SSSR count). The third-order valence-corrected chi connectivity index (χ3v) is 2.36. The molecule has 104 valence electrons. The Labute approximate surface area is 112 Å². The summed E-state index contributed by atoms with van der Waals surface area (Å²) in [7, 11) is 0. The number of aldehydes is 2. The Hall–Kier alpha value is -1.18. The molecule has 2 heteroatoms. The molecule has 0 aliphatic carbocycles. The molecule has 0 heterocycles. The Kier molecular flexibility index (Phi) is 22.5. The van der Waals surface area contributed by atoms with Crippen molar-refractivity contribution in [2.45, 2.75) is 65.2 Å². The van der Waals surface area contributed by atoms with Crippen LogP contribution >= 0.6 is 0 Å². The molecule has 0 saturated heterocycles. The van der Waals surface area contributed by atoms with Crippen molar-refractivity contribution in [2.24, 2.45) is 0 Å². The second-order valence-corrected chi connectivity index (χ2v) is 4.04. The van der Waals surface area contributed by atoms with Gasteiger partial charge < -0.3 is 9.59 Å². The molecule has 0 radical (unpaired) electrons. The van der Waals surface area contributed by atoms with E-state index in [1.54, 1.807) is 0 Å². The van der Waals surface area contributed by atoms with Crippen molar-refractivity contribution in [3.63, 3.8) is 0 Å². The van der Waals surface area contributed by atoms with E-state index in [4.69, 9.17) is 0 Å². The fourth-order valence-corrected chi connectivity index (χ4v) is 1.31. The minimum absolute atomic E-state index is 0.720. The smallest absolute Gasteiger partial charge is 0.119 e. The van der Waals surface area contributed by atoms with Gasteiger partial charge in [0, 0.05) is 12.8 Å². The van der Waals surface area contributed by atoms with Crippen molar-refractivity contribution in [1.82, 2.24) is 0 Å². The summed E-state index contributed by atoms with van der Waals surface area (Å²) in [4.78, 5) is 19.6. The van der Waals surface area contributed by atoms with E-state index in [0.29, 0.717) is 0 Å². The van der Waals surface area contributed by atoms with Crippen molar-refractivity contribution < 1.29 is 9.59 Å². The lowest BCUT2D eigenvalue weighted by Crippen LogP contribution is -1.75. The molecular formula is C16H28O2. The van der Waals surface area contributed by atoms with Gasteiger partial charge in [0.15, 0.2) is 0 Å². The third kappa shape index (κ3) is 24.2. The van der Waals surface area contributed by atoms with E-state index in [9.17, 15) is 9.59 Å². The molecule has 0 aliphatic heterocycles. The minimum Gasteiger partial charge on any atom is -0.303 e. The SMILES string of the molecule is C/C=C/CCCCC=O.C/C=C\CCCCC=O. The average molecular weight is 252 g/mol. The summed E-state index contributed by atoms with van der Waals surface area (Å²) < 4.78 is 0. The highest BCUT2D eigenvalue weighted by Crippen LogP contribution is 1.98. The summed E-state index contributed by atoms with van der Waals surface area (Å²) in [6.07, 6.45) is 18.3. The number of hydrogen-bond donors (Lipinski definition) is 0. The summed E-state index contributed by atoms with van der Waals surface area (Å²) in [6, 6.07) is 0. The number of unbranched alkanes of at least 4 members (excludes halogenated alkanes) is 6. The zero-order valence-electron chi connectivity index (χ0n) is 11.9. The number of rotatable bonds is 10. The molecule has 0 fully saturated rings. The first-order chi connectivity index (χ1) is 8.83. The Morgan fingerprint density at radius 2 is 0.944 bits per heavy atom. The van der Waals surface area contributed by atoms with Crippen LogP contribution in [0.5, 0.6) is 0 Å². The van der Waals surface area contributed by atoms with Gasteiger partial charge in [0.2, 0.25) is 0 Å². The van der Waals surface area contributed by atoms with Gasteiger partial charge >= 0.3 is 0 Å². The van der Waals surface area contributed by atoms with E-state index >= 15 is 0 Å². The maximum Gasteiger partial charge on any atom is 0.119 e. The Morgan fingerprint density at radius 3 is 1.22 bits per heavy atom. The quantitative estimate of drug-likeness (QED) is 0.322. The Bertz CT molecular complexity index is 193. The summed E-state index contributed by atoms with van der Waals surface area (Å²) in [5, 5.41) is 0. The standard InChI is InChI=1S/2C8H14O/c2*1-2-3-4-5-6-7-8-9/h2*2-3,8H,4-7H2,1H3/b3-2+;3-2-. The van der Waals surface area contributed by atoms with Crippen LogP contribution in [0, 0.1) is 0 Å². The van der Waals surface area contributed by atoms with Crippen molar-refractivity contribution in [2.75, 3.05) is 0 Å². The number of allylic oxidation sites excluding steroid dienone is 4. The molecule has 0 unspecified atom stereocenters. The van der Waals surface area contributed by atoms with Crippen LogP contribution in [-0.2, 0) is 9.59 Å². The second kappa shape index (κ2) is 21.1. The molecular weight excluding hydrogens is 224 g/mol. The molecule has 0 aromatic rings. The summed E-state index contributed by atoms with van der Waals surface area (Å²) >= 11 is 0. The summed E-state index contributed by atoms with van der Waals surface area (Å²) in [6.45, 7) is 4.03. The molecule has 0 aromatic carbocycles. The van der Waals surface area contributed by atoms with E-state index in [1.165, 1.54) is 0 Å². The van der Waals surface area contributed by atoms with Gasteiger partial charge in [-0.25, -0.2) is 0 Å². The Balaban J connectivity index is 0. The van der Waals surface area contributed by atoms with Crippen molar-refractivity contribution >= 4 is 12.6 Å². The van der Waals surface area contributed by atoms with E-state index in [-0.39, 0.29) is 0 Å². The fourth-order valence-electron chi connectivity index (χ4n) is 1.31. The van der Waals surface area contributed by atoms with Gasteiger partial charge in [-0.05, 0) is 52.4 Å². The molecule has 0 bridgehead atoms. The molecule has 0 amide bonds. The van der Waals surface area contributed by atoms with Crippen LogP contribution in [0.3, 0.4) is 0 Å². The highest BCUT2D eigenvalue weighted by molar-refractivity contribution is 5.49. The van der Waals surface area contributed by atoms with Crippen LogP contribution in [0.4, 0.5) is 0 Å². The highest BCUT2D eigenvalue weighted by Gasteiger charge is 1.83. The topological polar surface area (TPSA) is 34.1 Å². The van der Waals surface area contributed by atoms with E-state index < -0.39 is 0 Å². The maximum absolute atomic E-state index is 9.82. The number of hydrogen-bond acceptors (Lipinski definition) is 2. The largest absolute Gasteiger partial charge is 0.303 e. The molecule has 0 saturated carbocycles. The predicted octanol–water partition coefficient (Wildman–Crippen LogP) is 4.64. The van der Waals surface area contributed by atoms with E-state index in [2.05, 4.69) is 12.2 Å². The van der Waals surface area contributed by atoms with Gasteiger partial charge in [-0.15, -0.1) is 0 Å². The maximum atomic E-state index is 9.82. The first-order valence-electron chi connectivity index (χ1n) is 6.93. The number of carbonyl (C=O) groups excluding carboxylic acids is 2. The first kappa shape index (κ1) is 19.2. The summed E-state index contributed by atoms with van der Waals surface area (Å²) in [5.41, 5.74) is 0. The average Bonchev–Trinajstić information content (AvgIpc) is 2.39. The zero-order valence-corrected chi connectivity index (χ0v) is 11.9. The van der Waals surface area contributed by atoms with Gasteiger partial charge in [0.05, 0.1) is 0 Å². The van der Waals surface area contributed by atoms with E-state index in [0.717, 1.165) is 63.9 Å². The van der Waals surface area contributed by atoms with Crippen molar-refractivity contribution in [3.05, 3.63) is 24.3 Å². The lowest BCUT2D eigenvalue weighted by molar-refractivity contribution is -0.108. The van der Waals surface area contributed by atoms with Gasteiger partial charge in [0.1, 0.15) is 12.6 Å². The monoisotopic (exact) mass is 252 g/mol. The van der Waals surface area contributed by atoms with Gasteiger partial charge in [-0.2, -0.15) is 0 Å². The predicted molar refractivity (Wildman–Crippen MR) is 78.7 cm³/mol. The van der Waals surface area contributed by atoms with Crippen LogP contribution in [0.2, 0.25) is 0 Å². The van der Waals surface area contributed by atoms with Crippen LogP contribution < -0.4 is 0 Å². The normalized spacial score (nSPS) is 10.3. The molecule has 0 aliphatic rings.